The van der Waals surface area contributed by atoms with Gasteiger partial charge in [0.2, 0.25) is 0 Å². The van der Waals surface area contributed by atoms with Gasteiger partial charge in [0.1, 0.15) is 11.4 Å². The van der Waals surface area contributed by atoms with Crippen LogP contribution >= 0.6 is 0 Å². The molecule has 0 bridgehead atoms. The van der Waals surface area contributed by atoms with Crippen molar-refractivity contribution in [3.05, 3.63) is 35.1 Å². The van der Waals surface area contributed by atoms with Gasteiger partial charge in [0, 0.05) is 12.7 Å². The van der Waals surface area contributed by atoms with Gasteiger partial charge in [-0.1, -0.05) is 6.07 Å². The number of aryl methyl sites for hydroxylation is 1. The lowest BCUT2D eigenvalue weighted by Gasteiger charge is -2.26. The van der Waals surface area contributed by atoms with Crippen molar-refractivity contribution in [3.63, 3.8) is 0 Å². The first-order chi connectivity index (χ1) is 8.09. The standard InChI is InChI=1S/C14H17FO2/c1-10-5-6-11(15)9-12(10)13(16)14(17-2)7-3-4-8-14/h5-6,9H,3-4,7-8H2,1-2H3. The van der Waals surface area contributed by atoms with Gasteiger partial charge < -0.3 is 4.74 Å². The second-order valence-electron chi connectivity index (χ2n) is 4.69. The van der Waals surface area contributed by atoms with Gasteiger partial charge in [-0.15, -0.1) is 0 Å². The van der Waals surface area contributed by atoms with Crippen molar-refractivity contribution in [3.8, 4) is 0 Å². The topological polar surface area (TPSA) is 26.3 Å². The molecule has 0 atom stereocenters. The summed E-state index contributed by atoms with van der Waals surface area (Å²) in [6.07, 6.45) is 3.46. The third-order valence-electron chi connectivity index (χ3n) is 3.66. The molecule has 1 aliphatic rings. The molecule has 0 radical (unpaired) electrons. The van der Waals surface area contributed by atoms with Crippen LogP contribution in [0.25, 0.3) is 0 Å². The summed E-state index contributed by atoms with van der Waals surface area (Å²) in [6.45, 7) is 1.82. The average Bonchev–Trinajstić information content (AvgIpc) is 2.81. The van der Waals surface area contributed by atoms with E-state index in [9.17, 15) is 9.18 Å². The quantitative estimate of drug-likeness (QED) is 0.753. The monoisotopic (exact) mass is 236 g/mol. The third kappa shape index (κ3) is 2.12. The molecule has 0 saturated heterocycles. The lowest BCUT2D eigenvalue weighted by atomic mass is 9.89. The molecule has 17 heavy (non-hydrogen) atoms. The maximum absolute atomic E-state index is 13.2. The van der Waals surface area contributed by atoms with E-state index in [-0.39, 0.29) is 11.6 Å². The minimum atomic E-state index is -0.724. The van der Waals surface area contributed by atoms with Gasteiger partial charge in [-0.2, -0.15) is 0 Å². The van der Waals surface area contributed by atoms with E-state index < -0.39 is 5.60 Å². The molecule has 1 aromatic carbocycles. The average molecular weight is 236 g/mol. The largest absolute Gasteiger partial charge is 0.370 e. The molecule has 3 heteroatoms. The van der Waals surface area contributed by atoms with Crippen LogP contribution in [0, 0.1) is 12.7 Å². The van der Waals surface area contributed by atoms with E-state index in [1.54, 1.807) is 13.2 Å². The Labute approximate surface area is 101 Å². The van der Waals surface area contributed by atoms with E-state index in [2.05, 4.69) is 0 Å². The summed E-state index contributed by atoms with van der Waals surface area (Å²) in [5, 5.41) is 0. The number of benzene rings is 1. The molecule has 1 saturated carbocycles. The van der Waals surface area contributed by atoms with E-state index >= 15 is 0 Å². The van der Waals surface area contributed by atoms with Gasteiger partial charge in [-0.3, -0.25) is 4.79 Å². The van der Waals surface area contributed by atoms with Gasteiger partial charge in [0.05, 0.1) is 0 Å². The Morgan fingerprint density at radius 3 is 2.59 bits per heavy atom. The normalized spacial score (nSPS) is 18.3. The van der Waals surface area contributed by atoms with E-state index in [1.807, 2.05) is 6.92 Å². The van der Waals surface area contributed by atoms with Crippen molar-refractivity contribution in [2.24, 2.45) is 0 Å². The van der Waals surface area contributed by atoms with Gasteiger partial charge in [0.15, 0.2) is 5.78 Å². The summed E-state index contributed by atoms with van der Waals surface area (Å²) < 4.78 is 18.7. The fourth-order valence-corrected chi connectivity index (χ4v) is 2.55. The van der Waals surface area contributed by atoms with Crippen LogP contribution in [0.4, 0.5) is 4.39 Å². The first-order valence-electron chi connectivity index (χ1n) is 5.95. The van der Waals surface area contributed by atoms with Crippen LogP contribution in [0.2, 0.25) is 0 Å². The number of hydrogen-bond acceptors (Lipinski definition) is 2. The molecule has 1 aromatic rings. The van der Waals surface area contributed by atoms with Crippen molar-refractivity contribution in [1.29, 1.82) is 0 Å². The number of methoxy groups -OCH3 is 1. The maximum atomic E-state index is 13.2. The SMILES string of the molecule is COC1(C(=O)c2cc(F)ccc2C)CCCC1. The van der Waals surface area contributed by atoms with Crippen LogP contribution in [0.15, 0.2) is 18.2 Å². The summed E-state index contributed by atoms with van der Waals surface area (Å²) in [6, 6.07) is 4.33. The predicted octanol–water partition coefficient (Wildman–Crippen LogP) is 3.28. The molecule has 1 fully saturated rings. The van der Waals surface area contributed by atoms with Crippen LogP contribution < -0.4 is 0 Å². The maximum Gasteiger partial charge on any atom is 0.194 e. The number of hydrogen-bond donors (Lipinski definition) is 0. The smallest absolute Gasteiger partial charge is 0.194 e. The highest BCUT2D eigenvalue weighted by Gasteiger charge is 2.42. The van der Waals surface area contributed by atoms with Gasteiger partial charge in [-0.25, -0.2) is 4.39 Å². The molecule has 0 unspecified atom stereocenters. The predicted molar refractivity (Wildman–Crippen MR) is 63.7 cm³/mol. The van der Waals surface area contributed by atoms with E-state index in [0.717, 1.165) is 31.2 Å². The molecule has 0 aliphatic heterocycles. The summed E-state index contributed by atoms with van der Waals surface area (Å²) >= 11 is 0. The van der Waals surface area contributed by atoms with E-state index in [0.29, 0.717) is 5.56 Å². The molecule has 0 aromatic heterocycles. The second kappa shape index (κ2) is 4.57. The zero-order chi connectivity index (χ0) is 12.5. The minimum absolute atomic E-state index is 0.0745. The summed E-state index contributed by atoms with van der Waals surface area (Å²) in [5.74, 6) is -0.447. The van der Waals surface area contributed by atoms with Crippen LogP contribution in [-0.4, -0.2) is 18.5 Å². The molecular formula is C14H17FO2. The van der Waals surface area contributed by atoms with Crippen LogP contribution in [-0.2, 0) is 4.74 Å². The number of carbonyl (C=O) groups excluding carboxylic acids is 1. The molecule has 0 N–H and O–H groups in total. The van der Waals surface area contributed by atoms with Crippen molar-refractivity contribution < 1.29 is 13.9 Å². The zero-order valence-corrected chi connectivity index (χ0v) is 10.3. The second-order valence-corrected chi connectivity index (χ2v) is 4.69. The van der Waals surface area contributed by atoms with Gasteiger partial charge in [-0.05, 0) is 50.3 Å². The highest BCUT2D eigenvalue weighted by atomic mass is 19.1. The Bertz CT molecular complexity index is 434. The number of carbonyl (C=O) groups is 1. The number of ether oxygens (including phenoxy) is 1. The van der Waals surface area contributed by atoms with Gasteiger partial charge >= 0.3 is 0 Å². The van der Waals surface area contributed by atoms with E-state index in [4.69, 9.17) is 4.74 Å². The lowest BCUT2D eigenvalue weighted by Crippen LogP contribution is -2.38. The first kappa shape index (κ1) is 12.2. The summed E-state index contributed by atoms with van der Waals surface area (Å²) in [5.41, 5.74) is 0.534. The molecular weight excluding hydrogens is 219 g/mol. The highest BCUT2D eigenvalue weighted by Crippen LogP contribution is 2.36. The molecule has 2 rings (SSSR count). The number of Topliss-reactive ketones (excluding diaryl/α,β-unsaturated/α-hetero) is 1. The minimum Gasteiger partial charge on any atom is -0.370 e. The van der Waals surface area contributed by atoms with Gasteiger partial charge in [0.25, 0.3) is 0 Å². The van der Waals surface area contributed by atoms with Crippen LogP contribution in [0.3, 0.4) is 0 Å². The van der Waals surface area contributed by atoms with Crippen molar-refractivity contribution in [2.45, 2.75) is 38.2 Å². The number of rotatable bonds is 3. The Morgan fingerprint density at radius 1 is 1.35 bits per heavy atom. The van der Waals surface area contributed by atoms with Crippen molar-refractivity contribution >= 4 is 5.78 Å². The fourth-order valence-electron chi connectivity index (χ4n) is 2.55. The third-order valence-corrected chi connectivity index (χ3v) is 3.66. The Kier molecular flexibility index (Phi) is 3.29. The first-order valence-corrected chi connectivity index (χ1v) is 5.95. The summed E-state index contributed by atoms with van der Waals surface area (Å²) in [7, 11) is 1.57. The zero-order valence-electron chi connectivity index (χ0n) is 10.3. The van der Waals surface area contributed by atoms with Crippen molar-refractivity contribution in [1.82, 2.24) is 0 Å². The molecule has 1 aliphatic carbocycles. The van der Waals surface area contributed by atoms with Crippen LogP contribution in [0.1, 0.15) is 41.6 Å². The number of halogens is 1. The highest BCUT2D eigenvalue weighted by molar-refractivity contribution is 6.03. The van der Waals surface area contributed by atoms with E-state index in [1.165, 1.54) is 12.1 Å². The Hall–Kier alpha value is -1.22. The molecule has 0 spiro atoms. The molecule has 0 heterocycles. The Morgan fingerprint density at radius 2 is 2.00 bits per heavy atom. The summed E-state index contributed by atoms with van der Waals surface area (Å²) in [4.78, 5) is 12.5. The molecule has 2 nitrogen and oxygen atoms in total. The Balaban J connectivity index is 2.39. The molecule has 92 valence electrons. The van der Waals surface area contributed by atoms with Crippen LogP contribution in [0.5, 0.6) is 0 Å². The lowest BCUT2D eigenvalue weighted by molar-refractivity contribution is 0.00594. The number of ketones is 1. The fraction of sp³-hybridized carbons (Fsp3) is 0.500. The molecule has 0 amide bonds. The van der Waals surface area contributed by atoms with Crippen molar-refractivity contribution in [2.75, 3.05) is 7.11 Å².